The minimum Gasteiger partial charge on any atom is -0.469 e. The lowest BCUT2D eigenvalue weighted by molar-refractivity contribution is -0.145. The summed E-state index contributed by atoms with van der Waals surface area (Å²) in [6.07, 6.45) is -0.238. The van der Waals surface area contributed by atoms with Crippen molar-refractivity contribution in [2.24, 2.45) is 16.8 Å². The van der Waals surface area contributed by atoms with Crippen molar-refractivity contribution < 1.29 is 19.1 Å². The summed E-state index contributed by atoms with van der Waals surface area (Å²) in [4.78, 5) is 35.2. The van der Waals surface area contributed by atoms with Crippen LogP contribution in [-0.4, -0.2) is 104 Å². The highest BCUT2D eigenvalue weighted by atomic mass is 16.6. The van der Waals surface area contributed by atoms with Gasteiger partial charge in [-0.05, 0) is 33.6 Å². The SMILES string of the molecule is CCNC(=NCCN1CCN(C(=O)OC(C)(C)C)CC1)N1CC(C)C(C(=O)OC)C1. The summed E-state index contributed by atoms with van der Waals surface area (Å²) in [6, 6.07) is 0. The van der Waals surface area contributed by atoms with E-state index in [1.165, 1.54) is 7.11 Å². The van der Waals surface area contributed by atoms with Crippen LogP contribution in [0.15, 0.2) is 4.99 Å². The van der Waals surface area contributed by atoms with Gasteiger partial charge in [-0.3, -0.25) is 14.7 Å². The first-order valence-electron chi connectivity index (χ1n) is 11.0. The van der Waals surface area contributed by atoms with Crippen LogP contribution in [0.1, 0.15) is 34.6 Å². The molecule has 172 valence electrons. The summed E-state index contributed by atoms with van der Waals surface area (Å²) < 4.78 is 10.4. The van der Waals surface area contributed by atoms with E-state index in [2.05, 4.69) is 22.0 Å². The minimum atomic E-state index is -0.467. The number of esters is 1. The number of hydrogen-bond acceptors (Lipinski definition) is 6. The lowest BCUT2D eigenvalue weighted by Crippen LogP contribution is -2.50. The molecule has 2 heterocycles. The summed E-state index contributed by atoms with van der Waals surface area (Å²) >= 11 is 0. The van der Waals surface area contributed by atoms with Crippen LogP contribution in [0.2, 0.25) is 0 Å². The second kappa shape index (κ2) is 10.8. The second-order valence-electron chi connectivity index (χ2n) is 9.06. The van der Waals surface area contributed by atoms with Crippen molar-refractivity contribution in [1.82, 2.24) is 20.0 Å². The first-order chi connectivity index (χ1) is 14.1. The van der Waals surface area contributed by atoms with E-state index in [9.17, 15) is 9.59 Å². The lowest BCUT2D eigenvalue weighted by Gasteiger charge is -2.35. The van der Waals surface area contributed by atoms with Crippen LogP contribution in [0.5, 0.6) is 0 Å². The van der Waals surface area contributed by atoms with Crippen LogP contribution in [0, 0.1) is 11.8 Å². The molecule has 1 amide bonds. The number of methoxy groups -OCH3 is 1. The van der Waals surface area contributed by atoms with Gasteiger partial charge in [-0.15, -0.1) is 0 Å². The van der Waals surface area contributed by atoms with Crippen LogP contribution in [-0.2, 0) is 14.3 Å². The highest BCUT2D eigenvalue weighted by Gasteiger charge is 2.36. The third-order valence-electron chi connectivity index (χ3n) is 5.45. The molecule has 0 radical (unpaired) electrons. The molecule has 2 fully saturated rings. The summed E-state index contributed by atoms with van der Waals surface area (Å²) in [5, 5.41) is 3.34. The number of amides is 1. The molecule has 2 aliphatic rings. The molecule has 0 aromatic rings. The maximum Gasteiger partial charge on any atom is 0.410 e. The number of piperazine rings is 1. The number of carbonyl (C=O) groups excluding carboxylic acids is 2. The van der Waals surface area contributed by atoms with Gasteiger partial charge >= 0.3 is 12.1 Å². The number of rotatable bonds is 5. The van der Waals surface area contributed by atoms with Gasteiger partial charge in [0.1, 0.15) is 5.60 Å². The quantitative estimate of drug-likeness (QED) is 0.403. The number of hydrogen-bond donors (Lipinski definition) is 1. The number of ether oxygens (including phenoxy) is 2. The number of likely N-dealkylation sites (tertiary alicyclic amines) is 1. The molecular weight excluding hydrogens is 386 g/mol. The van der Waals surface area contributed by atoms with E-state index in [-0.39, 0.29) is 23.9 Å². The number of aliphatic imine (C=N–C) groups is 1. The fourth-order valence-corrected chi connectivity index (χ4v) is 3.80. The van der Waals surface area contributed by atoms with Crippen molar-refractivity contribution >= 4 is 18.0 Å². The van der Waals surface area contributed by atoms with Gasteiger partial charge < -0.3 is 24.6 Å². The van der Waals surface area contributed by atoms with Crippen LogP contribution in [0.3, 0.4) is 0 Å². The predicted molar refractivity (Wildman–Crippen MR) is 116 cm³/mol. The molecule has 2 saturated heterocycles. The molecule has 2 atom stereocenters. The lowest BCUT2D eigenvalue weighted by atomic mass is 9.99. The molecule has 2 rings (SSSR count). The Balaban J connectivity index is 1.82. The van der Waals surface area contributed by atoms with E-state index >= 15 is 0 Å². The van der Waals surface area contributed by atoms with Crippen LogP contribution in [0.4, 0.5) is 4.79 Å². The number of carbonyl (C=O) groups is 2. The number of nitrogens with zero attached hydrogens (tertiary/aromatic N) is 4. The molecular formula is C21H39N5O4. The van der Waals surface area contributed by atoms with Crippen LogP contribution < -0.4 is 5.32 Å². The summed E-state index contributed by atoms with van der Waals surface area (Å²) in [7, 11) is 1.44. The molecule has 0 aromatic carbocycles. The van der Waals surface area contributed by atoms with E-state index in [0.717, 1.165) is 38.7 Å². The van der Waals surface area contributed by atoms with Gasteiger partial charge in [-0.25, -0.2) is 4.79 Å². The average Bonchev–Trinajstić information content (AvgIpc) is 3.07. The molecule has 9 heteroatoms. The Kier molecular flexibility index (Phi) is 8.76. The molecule has 2 aliphatic heterocycles. The van der Waals surface area contributed by atoms with Crippen molar-refractivity contribution in [3.63, 3.8) is 0 Å². The van der Waals surface area contributed by atoms with E-state index in [1.807, 2.05) is 27.7 Å². The Morgan fingerprint density at radius 1 is 1.10 bits per heavy atom. The Morgan fingerprint density at radius 3 is 2.33 bits per heavy atom. The van der Waals surface area contributed by atoms with Gasteiger partial charge in [0, 0.05) is 52.4 Å². The van der Waals surface area contributed by atoms with E-state index in [4.69, 9.17) is 14.5 Å². The summed E-state index contributed by atoms with van der Waals surface area (Å²) in [5.74, 6) is 0.828. The zero-order valence-corrected chi connectivity index (χ0v) is 19.4. The van der Waals surface area contributed by atoms with Crippen LogP contribution in [0.25, 0.3) is 0 Å². The Morgan fingerprint density at radius 2 is 1.77 bits per heavy atom. The monoisotopic (exact) mass is 425 g/mol. The summed E-state index contributed by atoms with van der Waals surface area (Å²) in [6.45, 7) is 16.5. The Hall–Kier alpha value is -2.03. The van der Waals surface area contributed by atoms with Crippen molar-refractivity contribution in [3.05, 3.63) is 0 Å². The van der Waals surface area contributed by atoms with E-state index in [1.54, 1.807) is 4.90 Å². The van der Waals surface area contributed by atoms with Crippen molar-refractivity contribution in [2.45, 2.75) is 40.2 Å². The first kappa shape index (κ1) is 24.2. The molecule has 0 saturated carbocycles. The number of nitrogens with one attached hydrogen (secondary N) is 1. The third kappa shape index (κ3) is 7.04. The molecule has 0 bridgehead atoms. The van der Waals surface area contributed by atoms with Gasteiger partial charge in [-0.2, -0.15) is 0 Å². The molecule has 2 unspecified atom stereocenters. The van der Waals surface area contributed by atoms with Gasteiger partial charge in [0.2, 0.25) is 0 Å². The van der Waals surface area contributed by atoms with Gasteiger partial charge in [0.15, 0.2) is 5.96 Å². The third-order valence-corrected chi connectivity index (χ3v) is 5.45. The molecule has 0 spiro atoms. The summed E-state index contributed by atoms with van der Waals surface area (Å²) in [5.41, 5.74) is -0.467. The largest absolute Gasteiger partial charge is 0.469 e. The van der Waals surface area contributed by atoms with E-state index < -0.39 is 5.60 Å². The number of guanidine groups is 1. The zero-order valence-electron chi connectivity index (χ0n) is 19.4. The Bertz CT molecular complexity index is 611. The fraction of sp³-hybridized carbons (Fsp3) is 0.857. The molecule has 9 nitrogen and oxygen atoms in total. The molecule has 0 aliphatic carbocycles. The first-order valence-corrected chi connectivity index (χ1v) is 11.0. The zero-order chi connectivity index (χ0) is 22.3. The van der Waals surface area contributed by atoms with Crippen LogP contribution >= 0.6 is 0 Å². The minimum absolute atomic E-state index is 0.111. The van der Waals surface area contributed by atoms with Crippen molar-refractivity contribution in [2.75, 3.05) is 66.0 Å². The Labute approximate surface area is 180 Å². The highest BCUT2D eigenvalue weighted by Crippen LogP contribution is 2.24. The highest BCUT2D eigenvalue weighted by molar-refractivity contribution is 5.82. The molecule has 30 heavy (non-hydrogen) atoms. The average molecular weight is 426 g/mol. The van der Waals surface area contributed by atoms with Crippen molar-refractivity contribution in [1.29, 1.82) is 0 Å². The second-order valence-corrected chi connectivity index (χ2v) is 9.06. The van der Waals surface area contributed by atoms with Crippen molar-refractivity contribution in [3.8, 4) is 0 Å². The van der Waals surface area contributed by atoms with E-state index in [0.29, 0.717) is 26.2 Å². The molecule has 0 aromatic heterocycles. The smallest absolute Gasteiger partial charge is 0.410 e. The molecule has 1 N–H and O–H groups in total. The van der Waals surface area contributed by atoms with Gasteiger partial charge in [0.05, 0.1) is 19.6 Å². The standard InChI is InChI=1S/C21H39N5O4/c1-7-22-19(26-14-16(2)17(15-26)18(27)29-6)23-8-9-24-10-12-25(13-11-24)20(28)30-21(3,4)5/h16-17H,7-15H2,1-6H3,(H,22,23). The maximum atomic E-state index is 12.2. The van der Waals surface area contributed by atoms with Gasteiger partial charge in [-0.1, -0.05) is 6.92 Å². The predicted octanol–water partition coefficient (Wildman–Crippen LogP) is 1.25. The normalized spacial score (nSPS) is 23.5. The topological polar surface area (TPSA) is 86.7 Å². The maximum absolute atomic E-state index is 12.2. The fourth-order valence-electron chi connectivity index (χ4n) is 3.80. The van der Waals surface area contributed by atoms with Gasteiger partial charge in [0.25, 0.3) is 0 Å².